The summed E-state index contributed by atoms with van der Waals surface area (Å²) in [6.45, 7) is 3.47. The van der Waals surface area contributed by atoms with E-state index in [1.807, 2.05) is 4.90 Å². The standard InChI is InChI=1S/C22H32FN3O3S/c23-18-6-8-19(9-7-18)25-13-11-24(12-14-25)16-22(27)26(20-4-2-1-3-5-20)21-10-15-30(28,29)17-21/h6-9,20-21H,1-5,10-17H2/t21-/m0/s1. The van der Waals surface area contributed by atoms with Gasteiger partial charge >= 0.3 is 0 Å². The zero-order valence-corrected chi connectivity index (χ0v) is 18.3. The Balaban J connectivity index is 1.37. The van der Waals surface area contributed by atoms with Crippen LogP contribution in [-0.4, -0.2) is 80.4 Å². The summed E-state index contributed by atoms with van der Waals surface area (Å²) in [5, 5.41) is 0. The second-order valence-electron chi connectivity index (χ2n) is 8.89. The fourth-order valence-corrected chi connectivity index (χ4v) is 6.86. The number of amides is 1. The molecule has 1 aromatic carbocycles. The highest BCUT2D eigenvalue weighted by molar-refractivity contribution is 7.91. The SMILES string of the molecule is O=C(CN1CCN(c2ccc(F)cc2)CC1)N(C1CCCCC1)[C@H]1CCS(=O)(=O)C1. The van der Waals surface area contributed by atoms with E-state index in [0.29, 0.717) is 13.0 Å². The van der Waals surface area contributed by atoms with Crippen LogP contribution in [0.2, 0.25) is 0 Å². The second-order valence-corrected chi connectivity index (χ2v) is 11.1. The molecule has 3 fully saturated rings. The predicted octanol–water partition coefficient (Wildman–Crippen LogP) is 2.30. The molecule has 0 spiro atoms. The van der Waals surface area contributed by atoms with Crippen molar-refractivity contribution in [3.63, 3.8) is 0 Å². The average molecular weight is 438 g/mol. The number of halogens is 1. The predicted molar refractivity (Wildman–Crippen MR) is 116 cm³/mol. The number of benzene rings is 1. The molecule has 8 heteroatoms. The molecule has 1 amide bonds. The Hall–Kier alpha value is -1.67. The summed E-state index contributed by atoms with van der Waals surface area (Å²) in [5.74, 6) is 0.164. The Morgan fingerprint density at radius 3 is 2.23 bits per heavy atom. The van der Waals surface area contributed by atoms with Crippen LogP contribution in [0.15, 0.2) is 24.3 Å². The van der Waals surface area contributed by atoms with Gasteiger partial charge in [-0.15, -0.1) is 0 Å². The monoisotopic (exact) mass is 437 g/mol. The normalized spacial score (nSPS) is 25.4. The van der Waals surface area contributed by atoms with Gasteiger partial charge in [0.25, 0.3) is 0 Å². The summed E-state index contributed by atoms with van der Waals surface area (Å²) in [6.07, 6.45) is 5.98. The zero-order chi connectivity index (χ0) is 21.1. The summed E-state index contributed by atoms with van der Waals surface area (Å²) in [5.41, 5.74) is 1.00. The molecule has 0 N–H and O–H groups in total. The summed E-state index contributed by atoms with van der Waals surface area (Å²) in [4.78, 5) is 19.7. The maximum atomic E-state index is 13.3. The number of rotatable bonds is 5. The van der Waals surface area contributed by atoms with Crippen molar-refractivity contribution in [1.29, 1.82) is 0 Å². The lowest BCUT2D eigenvalue weighted by molar-refractivity contribution is -0.137. The first-order valence-corrected chi connectivity index (χ1v) is 13.0. The minimum atomic E-state index is -3.03. The molecule has 0 radical (unpaired) electrons. The largest absolute Gasteiger partial charge is 0.369 e. The van der Waals surface area contributed by atoms with E-state index in [1.54, 1.807) is 12.1 Å². The van der Waals surface area contributed by atoms with E-state index in [4.69, 9.17) is 0 Å². The quantitative estimate of drug-likeness (QED) is 0.707. The van der Waals surface area contributed by atoms with E-state index >= 15 is 0 Å². The number of nitrogens with zero attached hydrogens (tertiary/aromatic N) is 3. The van der Waals surface area contributed by atoms with Gasteiger partial charge < -0.3 is 9.80 Å². The van der Waals surface area contributed by atoms with Crippen LogP contribution >= 0.6 is 0 Å². The maximum Gasteiger partial charge on any atom is 0.237 e. The van der Waals surface area contributed by atoms with Gasteiger partial charge in [-0.05, 0) is 43.5 Å². The van der Waals surface area contributed by atoms with Gasteiger partial charge in [-0.3, -0.25) is 9.69 Å². The minimum Gasteiger partial charge on any atom is -0.369 e. The van der Waals surface area contributed by atoms with Gasteiger partial charge in [0.05, 0.1) is 18.1 Å². The Labute approximate surface area is 178 Å². The van der Waals surface area contributed by atoms with Gasteiger partial charge in [-0.25, -0.2) is 12.8 Å². The molecule has 0 unspecified atom stereocenters. The van der Waals surface area contributed by atoms with Crippen LogP contribution in [0.25, 0.3) is 0 Å². The second kappa shape index (κ2) is 9.22. The fourth-order valence-electron chi connectivity index (χ4n) is 5.15. The number of hydrogen-bond acceptors (Lipinski definition) is 5. The lowest BCUT2D eigenvalue weighted by atomic mass is 9.92. The van der Waals surface area contributed by atoms with E-state index in [2.05, 4.69) is 9.80 Å². The van der Waals surface area contributed by atoms with E-state index in [-0.39, 0.29) is 35.3 Å². The van der Waals surface area contributed by atoms with Crippen molar-refractivity contribution < 1.29 is 17.6 Å². The van der Waals surface area contributed by atoms with Crippen LogP contribution in [0.5, 0.6) is 0 Å². The van der Waals surface area contributed by atoms with Crippen molar-refractivity contribution in [3.05, 3.63) is 30.1 Å². The molecule has 3 aliphatic rings. The third kappa shape index (κ3) is 5.14. The number of carbonyl (C=O) groups excluding carboxylic acids is 1. The Kier molecular flexibility index (Phi) is 6.63. The molecule has 30 heavy (non-hydrogen) atoms. The first-order chi connectivity index (χ1) is 14.4. The number of piperazine rings is 1. The molecule has 1 atom stereocenters. The van der Waals surface area contributed by atoms with Crippen LogP contribution in [-0.2, 0) is 14.6 Å². The molecule has 0 bridgehead atoms. The molecular formula is C22H32FN3O3S. The van der Waals surface area contributed by atoms with Crippen LogP contribution in [0.3, 0.4) is 0 Å². The van der Waals surface area contributed by atoms with Crippen molar-refractivity contribution in [3.8, 4) is 0 Å². The molecule has 2 saturated heterocycles. The number of sulfone groups is 1. The molecule has 1 aliphatic carbocycles. The first kappa shape index (κ1) is 21.6. The van der Waals surface area contributed by atoms with Crippen LogP contribution < -0.4 is 4.90 Å². The Morgan fingerprint density at radius 1 is 0.967 bits per heavy atom. The van der Waals surface area contributed by atoms with Crippen LogP contribution in [0.4, 0.5) is 10.1 Å². The van der Waals surface area contributed by atoms with Crippen LogP contribution in [0, 0.1) is 5.82 Å². The van der Waals surface area contributed by atoms with Gasteiger partial charge in [0.2, 0.25) is 5.91 Å². The van der Waals surface area contributed by atoms with Gasteiger partial charge in [0.1, 0.15) is 5.82 Å². The van der Waals surface area contributed by atoms with Crippen molar-refractivity contribution in [2.45, 2.75) is 50.6 Å². The molecule has 2 heterocycles. The molecule has 4 rings (SSSR count). The summed E-state index contributed by atoms with van der Waals surface area (Å²) in [7, 11) is -3.03. The van der Waals surface area contributed by atoms with Crippen molar-refractivity contribution in [2.24, 2.45) is 0 Å². The number of hydrogen-bond donors (Lipinski definition) is 0. The summed E-state index contributed by atoms with van der Waals surface area (Å²) < 4.78 is 37.3. The number of carbonyl (C=O) groups is 1. The fraction of sp³-hybridized carbons (Fsp3) is 0.682. The lowest BCUT2D eigenvalue weighted by Crippen LogP contribution is -2.54. The maximum absolute atomic E-state index is 13.3. The smallest absolute Gasteiger partial charge is 0.237 e. The average Bonchev–Trinajstić information content (AvgIpc) is 3.09. The van der Waals surface area contributed by atoms with Crippen molar-refractivity contribution >= 4 is 21.4 Å². The van der Waals surface area contributed by atoms with Crippen molar-refractivity contribution in [1.82, 2.24) is 9.80 Å². The lowest BCUT2D eigenvalue weighted by Gasteiger charge is -2.41. The third-order valence-electron chi connectivity index (χ3n) is 6.78. The molecule has 0 aromatic heterocycles. The molecule has 166 valence electrons. The zero-order valence-electron chi connectivity index (χ0n) is 17.5. The summed E-state index contributed by atoms with van der Waals surface area (Å²) in [6, 6.07) is 6.56. The van der Waals surface area contributed by atoms with Crippen molar-refractivity contribution in [2.75, 3.05) is 49.1 Å². The highest BCUT2D eigenvalue weighted by Crippen LogP contribution is 2.28. The number of anilines is 1. The summed E-state index contributed by atoms with van der Waals surface area (Å²) >= 11 is 0. The van der Waals surface area contributed by atoms with Gasteiger partial charge in [-0.2, -0.15) is 0 Å². The van der Waals surface area contributed by atoms with Gasteiger partial charge in [-0.1, -0.05) is 19.3 Å². The Bertz CT molecular complexity index is 832. The molecule has 1 saturated carbocycles. The van der Waals surface area contributed by atoms with E-state index in [0.717, 1.165) is 57.5 Å². The van der Waals surface area contributed by atoms with Gasteiger partial charge in [0, 0.05) is 44.0 Å². The molecule has 6 nitrogen and oxygen atoms in total. The first-order valence-electron chi connectivity index (χ1n) is 11.2. The topological polar surface area (TPSA) is 60.9 Å². The highest BCUT2D eigenvalue weighted by atomic mass is 32.2. The van der Waals surface area contributed by atoms with E-state index in [9.17, 15) is 17.6 Å². The molecule has 1 aromatic rings. The van der Waals surface area contributed by atoms with E-state index in [1.165, 1.54) is 18.6 Å². The van der Waals surface area contributed by atoms with Crippen LogP contribution in [0.1, 0.15) is 38.5 Å². The molecule has 2 aliphatic heterocycles. The van der Waals surface area contributed by atoms with E-state index < -0.39 is 9.84 Å². The highest BCUT2D eigenvalue weighted by Gasteiger charge is 2.39. The van der Waals surface area contributed by atoms with Gasteiger partial charge in [0.15, 0.2) is 9.84 Å². The molecular weight excluding hydrogens is 405 g/mol. The minimum absolute atomic E-state index is 0.0826. The Morgan fingerprint density at radius 2 is 1.63 bits per heavy atom. The third-order valence-corrected chi connectivity index (χ3v) is 8.53.